The Morgan fingerprint density at radius 2 is 1.86 bits per heavy atom. The van der Waals surface area contributed by atoms with E-state index in [4.69, 9.17) is 0 Å². The maximum absolute atomic E-state index is 11.6. The van der Waals surface area contributed by atoms with Gasteiger partial charge in [0.2, 0.25) is 10.0 Å². The van der Waals surface area contributed by atoms with Crippen LogP contribution in [-0.4, -0.2) is 51.6 Å². The van der Waals surface area contributed by atoms with Gasteiger partial charge in [0.25, 0.3) is 0 Å². The maximum atomic E-state index is 11.6. The normalized spacial score (nSPS) is 18.2. The highest BCUT2D eigenvalue weighted by molar-refractivity contribution is 7.88. The lowest BCUT2D eigenvalue weighted by Crippen LogP contribution is -2.44. The van der Waals surface area contributed by atoms with Gasteiger partial charge in [0, 0.05) is 26.7 Å². The van der Waals surface area contributed by atoms with Crippen molar-refractivity contribution in [2.45, 2.75) is 25.8 Å². The van der Waals surface area contributed by atoms with Crippen LogP contribution >= 0.6 is 0 Å². The summed E-state index contributed by atoms with van der Waals surface area (Å²) in [4.78, 5) is 4.34. The second-order valence-electron chi connectivity index (χ2n) is 7.53. The summed E-state index contributed by atoms with van der Waals surface area (Å²) in [6.45, 7) is 4.12. The number of hydrogen-bond acceptors (Lipinski definition) is 3. The van der Waals surface area contributed by atoms with Crippen LogP contribution < -0.4 is 10.6 Å². The maximum Gasteiger partial charge on any atom is 0.211 e. The van der Waals surface area contributed by atoms with Crippen LogP contribution in [-0.2, 0) is 10.0 Å². The summed E-state index contributed by atoms with van der Waals surface area (Å²) in [6, 6.07) is 15.0. The van der Waals surface area contributed by atoms with Crippen molar-refractivity contribution in [3.63, 3.8) is 0 Å². The van der Waals surface area contributed by atoms with E-state index in [-0.39, 0.29) is 6.04 Å². The molecule has 0 amide bonds. The van der Waals surface area contributed by atoms with Gasteiger partial charge in [0.15, 0.2) is 5.96 Å². The van der Waals surface area contributed by atoms with Gasteiger partial charge in [-0.25, -0.2) is 12.7 Å². The monoisotopic (exact) mass is 402 g/mol. The Bertz CT molecular complexity index is 934. The number of nitrogens with zero attached hydrogens (tertiary/aromatic N) is 2. The molecule has 1 atom stereocenters. The van der Waals surface area contributed by atoms with Gasteiger partial charge in [-0.05, 0) is 48.1 Å². The van der Waals surface area contributed by atoms with E-state index in [0.717, 1.165) is 25.3 Å². The number of piperidine rings is 1. The highest BCUT2D eigenvalue weighted by Gasteiger charge is 2.24. The summed E-state index contributed by atoms with van der Waals surface area (Å²) < 4.78 is 24.8. The van der Waals surface area contributed by atoms with Crippen molar-refractivity contribution >= 4 is 26.8 Å². The molecule has 6 nitrogen and oxygen atoms in total. The van der Waals surface area contributed by atoms with E-state index in [0.29, 0.717) is 19.0 Å². The third kappa shape index (κ3) is 5.23. The molecule has 0 radical (unpaired) electrons. The van der Waals surface area contributed by atoms with E-state index in [1.165, 1.54) is 22.6 Å². The first-order chi connectivity index (χ1) is 13.4. The van der Waals surface area contributed by atoms with Crippen LogP contribution in [0.2, 0.25) is 0 Å². The fraction of sp³-hybridized carbons (Fsp3) is 0.476. The van der Waals surface area contributed by atoms with Gasteiger partial charge in [-0.1, -0.05) is 36.4 Å². The Kier molecular flexibility index (Phi) is 6.57. The molecule has 152 valence electrons. The number of aliphatic imine (C=N–C) groups is 1. The molecule has 2 aromatic rings. The molecular weight excluding hydrogens is 372 g/mol. The van der Waals surface area contributed by atoms with Crippen molar-refractivity contribution in [1.29, 1.82) is 0 Å². The quantitative estimate of drug-likeness (QED) is 0.596. The zero-order chi connectivity index (χ0) is 20.1. The molecule has 7 heteroatoms. The second kappa shape index (κ2) is 8.92. The van der Waals surface area contributed by atoms with Crippen molar-refractivity contribution in [3.8, 4) is 0 Å². The van der Waals surface area contributed by atoms with Crippen LogP contribution in [0.3, 0.4) is 0 Å². The largest absolute Gasteiger partial charge is 0.356 e. The molecule has 1 aliphatic heterocycles. The van der Waals surface area contributed by atoms with Crippen molar-refractivity contribution in [2.75, 3.05) is 32.9 Å². The molecule has 0 saturated carbocycles. The minimum atomic E-state index is -3.07. The fourth-order valence-electron chi connectivity index (χ4n) is 3.65. The van der Waals surface area contributed by atoms with Gasteiger partial charge in [-0.2, -0.15) is 0 Å². The van der Waals surface area contributed by atoms with Crippen LogP contribution in [0.25, 0.3) is 10.8 Å². The molecule has 2 aromatic carbocycles. The van der Waals surface area contributed by atoms with Gasteiger partial charge in [0.1, 0.15) is 0 Å². The van der Waals surface area contributed by atoms with E-state index in [2.05, 4.69) is 65.0 Å². The van der Waals surface area contributed by atoms with Gasteiger partial charge in [-0.15, -0.1) is 0 Å². The fourth-order valence-corrected chi connectivity index (χ4v) is 4.52. The number of rotatable bonds is 5. The van der Waals surface area contributed by atoms with Crippen LogP contribution in [0.15, 0.2) is 47.5 Å². The topological polar surface area (TPSA) is 73.8 Å². The van der Waals surface area contributed by atoms with Crippen LogP contribution in [0.4, 0.5) is 0 Å². The first kappa shape index (κ1) is 20.6. The van der Waals surface area contributed by atoms with Crippen molar-refractivity contribution in [1.82, 2.24) is 14.9 Å². The molecular formula is C21H30N4O2S. The Labute approximate surface area is 168 Å². The van der Waals surface area contributed by atoms with E-state index >= 15 is 0 Å². The molecule has 2 N–H and O–H groups in total. The molecule has 1 fully saturated rings. The molecule has 0 spiro atoms. The third-order valence-corrected chi connectivity index (χ3v) is 6.75. The smallest absolute Gasteiger partial charge is 0.211 e. The number of nitrogens with one attached hydrogen (secondary N) is 2. The van der Waals surface area contributed by atoms with Gasteiger partial charge in [0.05, 0.1) is 12.3 Å². The highest BCUT2D eigenvalue weighted by Crippen LogP contribution is 2.21. The van der Waals surface area contributed by atoms with E-state index in [1.54, 1.807) is 11.4 Å². The summed E-state index contributed by atoms with van der Waals surface area (Å²) in [6.07, 6.45) is 3.03. The predicted octanol–water partition coefficient (Wildman–Crippen LogP) is 2.74. The summed E-state index contributed by atoms with van der Waals surface area (Å²) in [5.41, 5.74) is 1.21. The molecule has 0 aromatic heterocycles. The van der Waals surface area contributed by atoms with E-state index < -0.39 is 10.0 Å². The SMILES string of the molecule is CN=C(NCC1CCN(S(C)(=O)=O)CC1)NC(C)c1ccc2ccccc2c1. The summed E-state index contributed by atoms with van der Waals surface area (Å²) in [5, 5.41) is 9.32. The second-order valence-corrected chi connectivity index (χ2v) is 9.51. The molecule has 0 aliphatic carbocycles. The minimum absolute atomic E-state index is 0.128. The number of guanidine groups is 1. The molecule has 0 bridgehead atoms. The number of benzene rings is 2. The molecule has 1 aliphatic rings. The Morgan fingerprint density at radius 1 is 1.18 bits per heavy atom. The standard InChI is InChI=1S/C21H30N4O2S/c1-16(19-9-8-18-6-4-5-7-20(18)14-19)24-21(22-2)23-15-17-10-12-25(13-11-17)28(3,26)27/h4-9,14,16-17H,10-13,15H2,1-3H3,(H2,22,23,24). The number of hydrogen-bond donors (Lipinski definition) is 2. The molecule has 1 heterocycles. The van der Waals surface area contributed by atoms with Crippen molar-refractivity contribution < 1.29 is 8.42 Å². The summed E-state index contributed by atoms with van der Waals surface area (Å²) >= 11 is 0. The van der Waals surface area contributed by atoms with E-state index in [9.17, 15) is 8.42 Å². The first-order valence-electron chi connectivity index (χ1n) is 9.78. The molecule has 28 heavy (non-hydrogen) atoms. The Morgan fingerprint density at radius 3 is 2.50 bits per heavy atom. The molecule has 1 unspecified atom stereocenters. The lowest BCUT2D eigenvalue weighted by molar-refractivity contribution is 0.274. The molecule has 1 saturated heterocycles. The predicted molar refractivity (Wildman–Crippen MR) is 116 cm³/mol. The average molecular weight is 403 g/mol. The zero-order valence-corrected chi connectivity index (χ0v) is 17.7. The van der Waals surface area contributed by atoms with Gasteiger partial charge < -0.3 is 10.6 Å². The van der Waals surface area contributed by atoms with Crippen molar-refractivity contribution in [3.05, 3.63) is 48.0 Å². The number of fused-ring (bicyclic) bond motifs is 1. The van der Waals surface area contributed by atoms with E-state index in [1.807, 2.05) is 0 Å². The highest BCUT2D eigenvalue weighted by atomic mass is 32.2. The lowest BCUT2D eigenvalue weighted by Gasteiger charge is -2.30. The third-order valence-electron chi connectivity index (χ3n) is 5.45. The summed E-state index contributed by atoms with van der Waals surface area (Å²) in [7, 11) is -1.30. The van der Waals surface area contributed by atoms with Crippen LogP contribution in [0.1, 0.15) is 31.4 Å². The van der Waals surface area contributed by atoms with Crippen LogP contribution in [0, 0.1) is 5.92 Å². The van der Waals surface area contributed by atoms with Crippen molar-refractivity contribution in [2.24, 2.45) is 10.9 Å². The number of sulfonamides is 1. The Balaban J connectivity index is 1.53. The summed E-state index contributed by atoms with van der Waals surface area (Å²) in [5.74, 6) is 1.22. The van der Waals surface area contributed by atoms with Crippen LogP contribution in [0.5, 0.6) is 0 Å². The molecule has 3 rings (SSSR count). The lowest BCUT2D eigenvalue weighted by atomic mass is 9.98. The first-order valence-corrected chi connectivity index (χ1v) is 11.6. The average Bonchev–Trinajstić information content (AvgIpc) is 2.70. The Hall–Kier alpha value is -2.12. The van der Waals surface area contributed by atoms with Gasteiger partial charge >= 0.3 is 0 Å². The minimum Gasteiger partial charge on any atom is -0.356 e. The van der Waals surface area contributed by atoms with Gasteiger partial charge in [-0.3, -0.25) is 4.99 Å². The zero-order valence-electron chi connectivity index (χ0n) is 16.9.